The Kier molecular flexibility index (Phi) is 5.66. The fourth-order valence-corrected chi connectivity index (χ4v) is 2.16. The first-order valence-electron chi connectivity index (χ1n) is 6.29. The zero-order chi connectivity index (χ0) is 13.6. The molecule has 0 aliphatic heterocycles. The van der Waals surface area contributed by atoms with E-state index >= 15 is 0 Å². The van der Waals surface area contributed by atoms with Crippen LogP contribution in [0.5, 0.6) is 0 Å². The summed E-state index contributed by atoms with van der Waals surface area (Å²) in [6.45, 7) is 2.06. The summed E-state index contributed by atoms with van der Waals surface area (Å²) in [6.07, 6.45) is -3.20. The van der Waals surface area contributed by atoms with Gasteiger partial charge in [-0.2, -0.15) is 13.2 Å². The van der Waals surface area contributed by atoms with E-state index in [1.165, 1.54) is 5.56 Å². The zero-order valence-corrected chi connectivity index (χ0v) is 10.8. The molecular weight excluding hydrogens is 239 g/mol. The van der Waals surface area contributed by atoms with Crippen LogP contribution in [0.3, 0.4) is 0 Å². The first-order chi connectivity index (χ1) is 8.48. The van der Waals surface area contributed by atoms with Crippen molar-refractivity contribution in [2.75, 3.05) is 7.05 Å². The Hall–Kier alpha value is -1.03. The lowest BCUT2D eigenvalue weighted by Gasteiger charge is -2.20. The molecule has 1 nitrogen and oxygen atoms in total. The maximum absolute atomic E-state index is 12.1. The van der Waals surface area contributed by atoms with Gasteiger partial charge in [0.05, 0.1) is 0 Å². The molecule has 1 aromatic rings. The predicted octanol–water partition coefficient (Wildman–Crippen LogP) is 4.24. The maximum Gasteiger partial charge on any atom is 0.389 e. The van der Waals surface area contributed by atoms with Crippen molar-refractivity contribution in [3.05, 3.63) is 35.4 Å². The van der Waals surface area contributed by atoms with Gasteiger partial charge in [-0.15, -0.1) is 0 Å². The van der Waals surface area contributed by atoms with Gasteiger partial charge in [-0.05, 0) is 37.4 Å². The minimum Gasteiger partial charge on any atom is -0.313 e. The third kappa shape index (κ3) is 4.69. The molecule has 0 fully saturated rings. The van der Waals surface area contributed by atoms with Crippen LogP contribution in [0.15, 0.2) is 24.3 Å². The monoisotopic (exact) mass is 259 g/mol. The lowest BCUT2D eigenvalue weighted by Crippen LogP contribution is -2.19. The van der Waals surface area contributed by atoms with Crippen molar-refractivity contribution in [1.82, 2.24) is 5.32 Å². The molecule has 0 amide bonds. The Morgan fingerprint density at radius 3 is 2.44 bits per heavy atom. The summed E-state index contributed by atoms with van der Waals surface area (Å²) in [4.78, 5) is 0. The molecule has 0 aromatic heterocycles. The molecule has 0 saturated carbocycles. The van der Waals surface area contributed by atoms with E-state index in [-0.39, 0.29) is 12.5 Å². The van der Waals surface area contributed by atoms with Gasteiger partial charge < -0.3 is 5.32 Å². The Morgan fingerprint density at radius 2 is 1.89 bits per heavy atom. The number of nitrogens with one attached hydrogen (secondary N) is 1. The molecule has 18 heavy (non-hydrogen) atoms. The molecule has 0 aliphatic rings. The van der Waals surface area contributed by atoms with Crippen LogP contribution < -0.4 is 5.32 Å². The average molecular weight is 259 g/mol. The van der Waals surface area contributed by atoms with Gasteiger partial charge in [0.1, 0.15) is 0 Å². The fourth-order valence-electron chi connectivity index (χ4n) is 2.16. The SMILES string of the molecule is CCc1ccccc1C(CCCC(F)(F)F)NC. The third-order valence-corrected chi connectivity index (χ3v) is 3.11. The maximum atomic E-state index is 12.1. The highest BCUT2D eigenvalue weighted by Gasteiger charge is 2.26. The second-order valence-electron chi connectivity index (χ2n) is 4.40. The molecule has 0 saturated heterocycles. The first-order valence-corrected chi connectivity index (χ1v) is 6.29. The number of aryl methyl sites for hydroxylation is 1. The van der Waals surface area contributed by atoms with Crippen LogP contribution in [-0.4, -0.2) is 13.2 Å². The van der Waals surface area contributed by atoms with Crippen molar-refractivity contribution in [3.63, 3.8) is 0 Å². The number of benzene rings is 1. The molecule has 0 heterocycles. The summed E-state index contributed by atoms with van der Waals surface area (Å²) in [5.41, 5.74) is 2.31. The van der Waals surface area contributed by atoms with Gasteiger partial charge in [-0.3, -0.25) is 0 Å². The highest BCUT2D eigenvalue weighted by molar-refractivity contribution is 5.29. The molecule has 1 atom stereocenters. The highest BCUT2D eigenvalue weighted by atomic mass is 19.4. The van der Waals surface area contributed by atoms with Crippen molar-refractivity contribution in [1.29, 1.82) is 0 Å². The summed E-state index contributed by atoms with van der Waals surface area (Å²) in [5, 5.41) is 3.11. The highest BCUT2D eigenvalue weighted by Crippen LogP contribution is 2.27. The van der Waals surface area contributed by atoms with Crippen molar-refractivity contribution in [2.45, 2.75) is 44.8 Å². The number of hydrogen-bond donors (Lipinski definition) is 1. The van der Waals surface area contributed by atoms with Crippen LogP contribution in [0, 0.1) is 0 Å². The molecule has 1 N–H and O–H groups in total. The zero-order valence-electron chi connectivity index (χ0n) is 10.8. The number of rotatable bonds is 6. The molecule has 1 rings (SSSR count). The van der Waals surface area contributed by atoms with Gasteiger partial charge in [0, 0.05) is 12.5 Å². The Balaban J connectivity index is 2.65. The Bertz CT molecular complexity index is 360. The van der Waals surface area contributed by atoms with E-state index in [2.05, 4.69) is 12.2 Å². The second kappa shape index (κ2) is 6.78. The fraction of sp³-hybridized carbons (Fsp3) is 0.571. The smallest absolute Gasteiger partial charge is 0.313 e. The number of alkyl halides is 3. The molecule has 0 spiro atoms. The second-order valence-corrected chi connectivity index (χ2v) is 4.40. The standard InChI is InChI=1S/C14H20F3N/c1-3-11-7-4-5-8-12(11)13(18-2)9-6-10-14(15,16)17/h4-5,7-8,13,18H,3,6,9-10H2,1-2H3. The van der Waals surface area contributed by atoms with Crippen LogP contribution in [0.1, 0.15) is 43.4 Å². The summed E-state index contributed by atoms with van der Waals surface area (Å²) >= 11 is 0. The summed E-state index contributed by atoms with van der Waals surface area (Å²) < 4.78 is 36.4. The van der Waals surface area contributed by atoms with Crippen molar-refractivity contribution >= 4 is 0 Å². The molecule has 102 valence electrons. The van der Waals surface area contributed by atoms with Crippen LogP contribution in [0.2, 0.25) is 0 Å². The van der Waals surface area contributed by atoms with Crippen LogP contribution in [-0.2, 0) is 6.42 Å². The summed E-state index contributed by atoms with van der Waals surface area (Å²) in [5.74, 6) is 0. The average Bonchev–Trinajstić information content (AvgIpc) is 2.33. The summed E-state index contributed by atoms with van der Waals surface area (Å²) in [6, 6.07) is 7.92. The van der Waals surface area contributed by atoms with E-state index in [0.29, 0.717) is 6.42 Å². The quantitative estimate of drug-likeness (QED) is 0.805. The third-order valence-electron chi connectivity index (χ3n) is 3.11. The summed E-state index contributed by atoms with van der Waals surface area (Å²) in [7, 11) is 1.80. The molecule has 0 bridgehead atoms. The van der Waals surface area contributed by atoms with Gasteiger partial charge >= 0.3 is 6.18 Å². The lowest BCUT2D eigenvalue weighted by atomic mass is 9.95. The van der Waals surface area contributed by atoms with E-state index in [0.717, 1.165) is 12.0 Å². The van der Waals surface area contributed by atoms with Crippen LogP contribution in [0.4, 0.5) is 13.2 Å². The Labute approximate surface area is 106 Å². The predicted molar refractivity (Wildman–Crippen MR) is 67.5 cm³/mol. The molecule has 0 aliphatic carbocycles. The van der Waals surface area contributed by atoms with Crippen molar-refractivity contribution < 1.29 is 13.2 Å². The molecule has 1 aromatic carbocycles. The molecule has 0 radical (unpaired) electrons. The lowest BCUT2D eigenvalue weighted by molar-refractivity contribution is -0.135. The van der Waals surface area contributed by atoms with Crippen molar-refractivity contribution in [2.24, 2.45) is 0 Å². The first kappa shape index (κ1) is 15.0. The van der Waals surface area contributed by atoms with Crippen molar-refractivity contribution in [3.8, 4) is 0 Å². The van der Waals surface area contributed by atoms with Gasteiger partial charge in [-0.25, -0.2) is 0 Å². The number of halogens is 3. The molecule has 4 heteroatoms. The number of hydrogen-bond acceptors (Lipinski definition) is 1. The van der Waals surface area contributed by atoms with E-state index < -0.39 is 12.6 Å². The molecular formula is C14H20F3N. The topological polar surface area (TPSA) is 12.0 Å². The van der Waals surface area contributed by atoms with E-state index in [4.69, 9.17) is 0 Å². The van der Waals surface area contributed by atoms with Gasteiger partial charge in [-0.1, -0.05) is 31.2 Å². The largest absolute Gasteiger partial charge is 0.389 e. The van der Waals surface area contributed by atoms with Crippen LogP contribution >= 0.6 is 0 Å². The normalized spacial score (nSPS) is 13.6. The Morgan fingerprint density at radius 1 is 1.22 bits per heavy atom. The van der Waals surface area contributed by atoms with Gasteiger partial charge in [0.2, 0.25) is 0 Å². The van der Waals surface area contributed by atoms with E-state index in [1.807, 2.05) is 24.3 Å². The molecule has 1 unspecified atom stereocenters. The van der Waals surface area contributed by atoms with E-state index in [9.17, 15) is 13.2 Å². The van der Waals surface area contributed by atoms with Gasteiger partial charge in [0.15, 0.2) is 0 Å². The van der Waals surface area contributed by atoms with Crippen LogP contribution in [0.25, 0.3) is 0 Å². The minimum absolute atomic E-state index is 0.00324. The minimum atomic E-state index is -4.05. The van der Waals surface area contributed by atoms with E-state index in [1.54, 1.807) is 7.05 Å². The van der Waals surface area contributed by atoms with Gasteiger partial charge in [0.25, 0.3) is 0 Å².